The summed E-state index contributed by atoms with van der Waals surface area (Å²) in [5.74, 6) is 0.106. The number of nitrogens with two attached hydrogens (primary N) is 1. The fourth-order valence-corrected chi connectivity index (χ4v) is 2.33. The molecule has 0 aliphatic carbocycles. The number of nitrogen functional groups attached to an aromatic ring is 1. The third kappa shape index (κ3) is 2.28. The average Bonchev–Trinajstić information content (AvgIpc) is 2.79. The van der Waals surface area contributed by atoms with E-state index in [0.29, 0.717) is 10.0 Å². The third-order valence-corrected chi connectivity index (χ3v) is 3.59. The molecule has 5 nitrogen and oxygen atoms in total. The second-order valence-corrected chi connectivity index (χ2v) is 4.68. The highest BCUT2D eigenvalue weighted by Crippen LogP contribution is 2.27. The van der Waals surface area contributed by atoms with Gasteiger partial charge in [0.2, 0.25) is 0 Å². The minimum atomic E-state index is -0.155. The number of thiazole rings is 1. The topological polar surface area (TPSA) is 71.2 Å². The molecule has 0 radical (unpaired) electrons. The van der Waals surface area contributed by atoms with Crippen molar-refractivity contribution in [1.82, 2.24) is 4.98 Å². The molecule has 1 aromatic carbocycles. The first-order valence-corrected chi connectivity index (χ1v) is 6.22. The Hall–Kier alpha value is -2.08. The number of benzene rings is 1. The Kier molecular flexibility index (Phi) is 3.47. The van der Waals surface area contributed by atoms with Gasteiger partial charge in [-0.25, -0.2) is 4.98 Å². The predicted molar refractivity (Wildman–Crippen MR) is 75.2 cm³/mol. The average molecular weight is 262 g/mol. The standard InChI is InChI=1S/C12H14N4OS/c1-14-12-15-10(13)9(18-12)11(17)16(2)8-6-4-3-5-7-8/h3-7H,13H2,1-2H3,(H,14,15). The third-order valence-electron chi connectivity index (χ3n) is 2.51. The van der Waals surface area contributed by atoms with Crippen molar-refractivity contribution in [2.45, 2.75) is 0 Å². The van der Waals surface area contributed by atoms with E-state index < -0.39 is 0 Å². The van der Waals surface area contributed by atoms with Crippen molar-refractivity contribution in [3.05, 3.63) is 35.2 Å². The minimum Gasteiger partial charge on any atom is -0.382 e. The van der Waals surface area contributed by atoms with Crippen LogP contribution in [-0.4, -0.2) is 25.0 Å². The van der Waals surface area contributed by atoms with E-state index in [2.05, 4.69) is 10.3 Å². The minimum absolute atomic E-state index is 0.155. The molecule has 94 valence electrons. The molecule has 1 aromatic heterocycles. The Morgan fingerprint density at radius 2 is 2.06 bits per heavy atom. The van der Waals surface area contributed by atoms with Gasteiger partial charge in [0.1, 0.15) is 10.7 Å². The number of nitrogens with zero attached hydrogens (tertiary/aromatic N) is 2. The molecule has 2 aromatic rings. The highest BCUT2D eigenvalue weighted by atomic mass is 32.1. The van der Waals surface area contributed by atoms with Crippen LogP contribution in [0.4, 0.5) is 16.6 Å². The smallest absolute Gasteiger partial charge is 0.272 e. The van der Waals surface area contributed by atoms with Crippen molar-refractivity contribution in [1.29, 1.82) is 0 Å². The fraction of sp³-hybridized carbons (Fsp3) is 0.167. The van der Waals surface area contributed by atoms with Gasteiger partial charge >= 0.3 is 0 Å². The zero-order valence-corrected chi connectivity index (χ0v) is 11.0. The number of anilines is 3. The van der Waals surface area contributed by atoms with Crippen LogP contribution in [0.15, 0.2) is 30.3 Å². The molecule has 18 heavy (non-hydrogen) atoms. The molecule has 0 bridgehead atoms. The fourth-order valence-electron chi connectivity index (χ4n) is 1.51. The van der Waals surface area contributed by atoms with Crippen molar-refractivity contribution in [3.63, 3.8) is 0 Å². The summed E-state index contributed by atoms with van der Waals surface area (Å²) in [5.41, 5.74) is 6.57. The lowest BCUT2D eigenvalue weighted by Gasteiger charge is -2.16. The molecule has 0 unspecified atom stereocenters. The normalized spacial score (nSPS) is 10.1. The van der Waals surface area contributed by atoms with E-state index in [1.165, 1.54) is 11.3 Å². The Bertz CT molecular complexity index is 552. The molecule has 0 atom stereocenters. The molecule has 2 rings (SSSR count). The Morgan fingerprint density at radius 1 is 1.39 bits per heavy atom. The van der Waals surface area contributed by atoms with Gasteiger partial charge in [0.25, 0.3) is 5.91 Å². The molecule has 0 spiro atoms. The maximum Gasteiger partial charge on any atom is 0.272 e. The van der Waals surface area contributed by atoms with Gasteiger partial charge in [-0.15, -0.1) is 0 Å². The summed E-state index contributed by atoms with van der Waals surface area (Å²) in [6, 6.07) is 9.41. The summed E-state index contributed by atoms with van der Waals surface area (Å²) in [5, 5.41) is 3.51. The molecule has 6 heteroatoms. The first-order valence-electron chi connectivity index (χ1n) is 5.40. The molecular formula is C12H14N4OS. The van der Waals surface area contributed by atoms with Crippen molar-refractivity contribution in [2.24, 2.45) is 0 Å². The number of carbonyl (C=O) groups excluding carboxylic acids is 1. The largest absolute Gasteiger partial charge is 0.382 e. The number of rotatable bonds is 3. The zero-order chi connectivity index (χ0) is 13.1. The molecule has 3 N–H and O–H groups in total. The quantitative estimate of drug-likeness (QED) is 0.888. The van der Waals surface area contributed by atoms with Gasteiger partial charge in [0.05, 0.1) is 0 Å². The SMILES string of the molecule is CNc1nc(N)c(C(=O)N(C)c2ccccc2)s1. The molecule has 1 heterocycles. The Balaban J connectivity index is 2.28. The number of para-hydroxylation sites is 1. The van der Waals surface area contributed by atoms with Crippen molar-refractivity contribution >= 4 is 33.9 Å². The number of nitrogens with one attached hydrogen (secondary N) is 1. The molecule has 0 fully saturated rings. The van der Waals surface area contributed by atoms with E-state index in [-0.39, 0.29) is 11.7 Å². The van der Waals surface area contributed by atoms with Crippen LogP contribution in [0.25, 0.3) is 0 Å². The number of carbonyl (C=O) groups is 1. The van der Waals surface area contributed by atoms with Crippen LogP contribution in [0.2, 0.25) is 0 Å². The maximum atomic E-state index is 12.3. The molecule has 1 amide bonds. The van der Waals surface area contributed by atoms with Crippen molar-refractivity contribution in [3.8, 4) is 0 Å². The Morgan fingerprint density at radius 3 is 2.61 bits per heavy atom. The van der Waals surface area contributed by atoms with Gasteiger partial charge < -0.3 is 16.0 Å². The summed E-state index contributed by atoms with van der Waals surface area (Å²) in [6.45, 7) is 0. The maximum absolute atomic E-state index is 12.3. The lowest BCUT2D eigenvalue weighted by molar-refractivity contribution is 0.0997. The summed E-state index contributed by atoms with van der Waals surface area (Å²) < 4.78 is 0. The predicted octanol–water partition coefficient (Wildman–Crippen LogP) is 2.04. The van der Waals surface area contributed by atoms with Gasteiger partial charge in [-0.1, -0.05) is 29.5 Å². The first-order chi connectivity index (χ1) is 8.63. The monoisotopic (exact) mass is 262 g/mol. The van der Waals surface area contributed by atoms with Crippen LogP contribution < -0.4 is 16.0 Å². The first kappa shape index (κ1) is 12.4. The highest BCUT2D eigenvalue weighted by Gasteiger charge is 2.20. The van der Waals surface area contributed by atoms with E-state index in [9.17, 15) is 4.79 Å². The molecule has 0 saturated heterocycles. The van der Waals surface area contributed by atoms with Gasteiger partial charge in [0, 0.05) is 19.8 Å². The number of hydrogen-bond donors (Lipinski definition) is 2. The second-order valence-electron chi connectivity index (χ2n) is 3.68. The zero-order valence-electron chi connectivity index (χ0n) is 10.2. The van der Waals surface area contributed by atoms with E-state index in [1.807, 2.05) is 30.3 Å². The molecule has 0 aliphatic heterocycles. The number of aromatic nitrogens is 1. The van der Waals surface area contributed by atoms with Gasteiger partial charge in [0.15, 0.2) is 5.13 Å². The van der Waals surface area contributed by atoms with Crippen molar-refractivity contribution in [2.75, 3.05) is 30.0 Å². The summed E-state index contributed by atoms with van der Waals surface area (Å²) >= 11 is 1.25. The lowest BCUT2D eigenvalue weighted by atomic mass is 10.3. The van der Waals surface area contributed by atoms with Gasteiger partial charge in [-0.05, 0) is 12.1 Å². The number of amides is 1. The van der Waals surface area contributed by atoms with Gasteiger partial charge in [-0.2, -0.15) is 0 Å². The molecule has 0 aliphatic rings. The second kappa shape index (κ2) is 5.05. The van der Waals surface area contributed by atoms with Crippen LogP contribution in [0, 0.1) is 0 Å². The van der Waals surface area contributed by atoms with E-state index in [1.54, 1.807) is 19.0 Å². The highest BCUT2D eigenvalue weighted by molar-refractivity contribution is 7.18. The van der Waals surface area contributed by atoms with Crippen LogP contribution in [-0.2, 0) is 0 Å². The van der Waals surface area contributed by atoms with Crippen LogP contribution in [0.5, 0.6) is 0 Å². The van der Waals surface area contributed by atoms with E-state index >= 15 is 0 Å². The van der Waals surface area contributed by atoms with Crippen LogP contribution in [0.3, 0.4) is 0 Å². The number of hydrogen-bond acceptors (Lipinski definition) is 5. The van der Waals surface area contributed by atoms with Crippen LogP contribution >= 0.6 is 11.3 Å². The Labute approximate surface area is 109 Å². The molecular weight excluding hydrogens is 248 g/mol. The van der Waals surface area contributed by atoms with E-state index in [0.717, 1.165) is 5.69 Å². The summed E-state index contributed by atoms with van der Waals surface area (Å²) in [7, 11) is 3.46. The van der Waals surface area contributed by atoms with Crippen molar-refractivity contribution < 1.29 is 4.79 Å². The summed E-state index contributed by atoms with van der Waals surface area (Å²) in [6.07, 6.45) is 0. The van der Waals surface area contributed by atoms with Gasteiger partial charge in [-0.3, -0.25) is 4.79 Å². The van der Waals surface area contributed by atoms with Crippen LogP contribution in [0.1, 0.15) is 9.67 Å². The summed E-state index contributed by atoms with van der Waals surface area (Å²) in [4.78, 5) is 18.4. The lowest BCUT2D eigenvalue weighted by Crippen LogP contribution is -2.26. The molecule has 0 saturated carbocycles. The van der Waals surface area contributed by atoms with E-state index in [4.69, 9.17) is 5.73 Å².